The van der Waals surface area contributed by atoms with E-state index >= 15 is 0 Å². The molecule has 1 rings (SSSR count). The smallest absolute Gasteiger partial charge is 0.355 e. The van der Waals surface area contributed by atoms with Gasteiger partial charge < -0.3 is 5.32 Å². The zero-order valence-corrected chi connectivity index (χ0v) is 11.4. The third-order valence-corrected chi connectivity index (χ3v) is 3.07. The minimum Gasteiger partial charge on any atom is -0.355 e. The first-order valence-corrected chi connectivity index (χ1v) is 6.70. The Morgan fingerprint density at radius 1 is 1.42 bits per heavy atom. The van der Waals surface area contributed by atoms with E-state index in [1.165, 1.54) is 6.07 Å². The highest BCUT2D eigenvalue weighted by molar-refractivity contribution is 7.99. The van der Waals surface area contributed by atoms with Gasteiger partial charge in [0, 0.05) is 12.7 Å². The van der Waals surface area contributed by atoms with Crippen LogP contribution in [0.1, 0.15) is 19.4 Å². The summed E-state index contributed by atoms with van der Waals surface area (Å²) in [5.41, 5.74) is -0.791. The topological polar surface area (TPSA) is 42.0 Å². The standard InChI is InChI=1S/C12H15F3N2OS/c1-8(2)5-16-10(18)7-19-11-4-3-9(6-17-11)12(13,14)15/h3-4,6,8H,5,7H2,1-2H3,(H,16,18). The van der Waals surface area contributed by atoms with Gasteiger partial charge in [-0.15, -0.1) is 0 Å². The van der Waals surface area contributed by atoms with Crippen LogP contribution >= 0.6 is 11.8 Å². The Hall–Kier alpha value is -1.24. The van der Waals surface area contributed by atoms with E-state index in [1.807, 2.05) is 13.8 Å². The third-order valence-electron chi connectivity index (χ3n) is 2.12. The number of alkyl halides is 3. The maximum atomic E-state index is 12.3. The number of nitrogens with zero attached hydrogens (tertiary/aromatic N) is 1. The number of nitrogens with one attached hydrogen (secondary N) is 1. The van der Waals surface area contributed by atoms with Gasteiger partial charge in [-0.2, -0.15) is 13.2 Å². The van der Waals surface area contributed by atoms with Gasteiger partial charge in [0.25, 0.3) is 0 Å². The lowest BCUT2D eigenvalue weighted by Crippen LogP contribution is -2.28. The second-order valence-corrected chi connectivity index (χ2v) is 5.37. The lowest BCUT2D eigenvalue weighted by atomic mass is 10.2. The second-order valence-electron chi connectivity index (χ2n) is 4.37. The second kappa shape index (κ2) is 6.79. The number of thioether (sulfide) groups is 1. The zero-order valence-electron chi connectivity index (χ0n) is 10.6. The third kappa shape index (κ3) is 5.96. The van der Waals surface area contributed by atoms with Gasteiger partial charge in [0.1, 0.15) is 0 Å². The molecule has 0 radical (unpaired) electrons. The van der Waals surface area contributed by atoms with E-state index in [0.29, 0.717) is 17.5 Å². The number of amides is 1. The van der Waals surface area contributed by atoms with Gasteiger partial charge in [-0.25, -0.2) is 4.98 Å². The monoisotopic (exact) mass is 292 g/mol. The average Bonchev–Trinajstić information content (AvgIpc) is 2.33. The fraction of sp³-hybridized carbons (Fsp3) is 0.500. The van der Waals surface area contributed by atoms with E-state index in [-0.39, 0.29) is 11.7 Å². The molecular weight excluding hydrogens is 277 g/mol. The van der Waals surface area contributed by atoms with Gasteiger partial charge in [-0.3, -0.25) is 4.79 Å². The molecule has 3 nitrogen and oxygen atoms in total. The molecule has 7 heteroatoms. The molecule has 0 bridgehead atoms. The molecule has 0 aliphatic heterocycles. The van der Waals surface area contributed by atoms with Gasteiger partial charge in [-0.05, 0) is 18.1 Å². The molecule has 1 aromatic heterocycles. The van der Waals surface area contributed by atoms with Crippen molar-refractivity contribution in [2.45, 2.75) is 25.0 Å². The molecule has 0 atom stereocenters. The molecule has 0 aliphatic rings. The summed E-state index contributed by atoms with van der Waals surface area (Å²) in [6.45, 7) is 4.54. The molecule has 0 spiro atoms. The summed E-state index contributed by atoms with van der Waals surface area (Å²) in [6.07, 6.45) is -3.61. The molecule has 1 N–H and O–H groups in total. The van der Waals surface area contributed by atoms with Crippen LogP contribution in [0.4, 0.5) is 13.2 Å². The van der Waals surface area contributed by atoms with Gasteiger partial charge >= 0.3 is 6.18 Å². The molecule has 106 valence electrons. The minimum absolute atomic E-state index is 0.144. The maximum absolute atomic E-state index is 12.3. The van der Waals surface area contributed by atoms with Gasteiger partial charge in [0.15, 0.2) is 0 Å². The van der Waals surface area contributed by atoms with Gasteiger partial charge in [0.05, 0.1) is 16.3 Å². The summed E-state index contributed by atoms with van der Waals surface area (Å²) in [7, 11) is 0. The number of halogens is 3. The Labute approximate surface area is 114 Å². The highest BCUT2D eigenvalue weighted by atomic mass is 32.2. The highest BCUT2D eigenvalue weighted by Crippen LogP contribution is 2.29. The van der Waals surface area contributed by atoms with Crippen molar-refractivity contribution in [3.8, 4) is 0 Å². The molecular formula is C12H15F3N2OS. The highest BCUT2D eigenvalue weighted by Gasteiger charge is 2.30. The largest absolute Gasteiger partial charge is 0.417 e. The van der Waals surface area contributed by atoms with Crippen molar-refractivity contribution in [2.24, 2.45) is 5.92 Å². The molecule has 0 saturated carbocycles. The molecule has 0 unspecified atom stereocenters. The first-order chi connectivity index (χ1) is 8.79. The van der Waals surface area contributed by atoms with E-state index in [9.17, 15) is 18.0 Å². The number of carbonyl (C=O) groups excluding carboxylic acids is 1. The molecule has 0 fully saturated rings. The van der Waals surface area contributed by atoms with Crippen LogP contribution < -0.4 is 5.32 Å². The Bertz CT molecular complexity index is 418. The van der Waals surface area contributed by atoms with Crippen LogP contribution in [0.2, 0.25) is 0 Å². The quantitative estimate of drug-likeness (QED) is 0.848. The minimum atomic E-state index is -4.38. The summed E-state index contributed by atoms with van der Waals surface area (Å²) in [5, 5.41) is 3.12. The first kappa shape index (κ1) is 15.8. The maximum Gasteiger partial charge on any atom is 0.417 e. The Morgan fingerprint density at radius 2 is 2.11 bits per heavy atom. The summed E-state index contributed by atoms with van der Waals surface area (Å²) in [5.74, 6) is 0.351. The van der Waals surface area contributed by atoms with Crippen LogP contribution in [0.15, 0.2) is 23.4 Å². The van der Waals surface area contributed by atoms with Crippen molar-refractivity contribution in [3.63, 3.8) is 0 Å². The molecule has 19 heavy (non-hydrogen) atoms. The summed E-state index contributed by atoms with van der Waals surface area (Å²) >= 11 is 1.11. The Morgan fingerprint density at radius 3 is 2.58 bits per heavy atom. The summed E-state index contributed by atoms with van der Waals surface area (Å²) in [4.78, 5) is 15.1. The number of pyridine rings is 1. The lowest BCUT2D eigenvalue weighted by molar-refractivity contribution is -0.137. The van der Waals surface area contributed by atoms with E-state index in [4.69, 9.17) is 0 Å². The number of rotatable bonds is 5. The summed E-state index contributed by atoms with van der Waals surface area (Å²) < 4.78 is 36.9. The molecule has 0 saturated heterocycles. The predicted molar refractivity (Wildman–Crippen MR) is 67.8 cm³/mol. The molecule has 0 aromatic carbocycles. The number of carbonyl (C=O) groups is 1. The molecule has 1 heterocycles. The molecule has 1 aromatic rings. The Balaban J connectivity index is 2.44. The molecule has 0 aliphatic carbocycles. The van der Waals surface area contributed by atoms with Crippen molar-refractivity contribution in [3.05, 3.63) is 23.9 Å². The zero-order chi connectivity index (χ0) is 14.5. The predicted octanol–water partition coefficient (Wildman–Crippen LogP) is 2.96. The van der Waals surface area contributed by atoms with Crippen LogP contribution in [0.5, 0.6) is 0 Å². The molecule has 1 amide bonds. The van der Waals surface area contributed by atoms with E-state index in [2.05, 4.69) is 10.3 Å². The van der Waals surface area contributed by atoms with Crippen LogP contribution in [-0.4, -0.2) is 23.2 Å². The fourth-order valence-electron chi connectivity index (χ4n) is 1.14. The Kier molecular flexibility index (Phi) is 5.65. The van der Waals surface area contributed by atoms with Crippen LogP contribution in [0, 0.1) is 5.92 Å². The van der Waals surface area contributed by atoms with E-state index in [1.54, 1.807) is 0 Å². The van der Waals surface area contributed by atoms with Gasteiger partial charge in [-0.1, -0.05) is 25.6 Å². The normalized spacial score (nSPS) is 11.7. The van der Waals surface area contributed by atoms with Crippen molar-refractivity contribution in [1.82, 2.24) is 10.3 Å². The number of hydrogen-bond acceptors (Lipinski definition) is 3. The lowest BCUT2D eigenvalue weighted by Gasteiger charge is -2.08. The van der Waals surface area contributed by atoms with E-state index < -0.39 is 11.7 Å². The van der Waals surface area contributed by atoms with Crippen molar-refractivity contribution in [2.75, 3.05) is 12.3 Å². The average molecular weight is 292 g/mol. The summed E-state index contributed by atoms with van der Waals surface area (Å²) in [6, 6.07) is 2.23. The van der Waals surface area contributed by atoms with Crippen LogP contribution in [0.25, 0.3) is 0 Å². The van der Waals surface area contributed by atoms with Crippen molar-refractivity contribution in [1.29, 1.82) is 0 Å². The number of hydrogen-bond donors (Lipinski definition) is 1. The van der Waals surface area contributed by atoms with Crippen LogP contribution in [-0.2, 0) is 11.0 Å². The first-order valence-electron chi connectivity index (χ1n) is 5.72. The van der Waals surface area contributed by atoms with Crippen molar-refractivity contribution < 1.29 is 18.0 Å². The SMILES string of the molecule is CC(C)CNC(=O)CSc1ccc(C(F)(F)F)cn1. The van der Waals surface area contributed by atoms with Gasteiger partial charge in [0.2, 0.25) is 5.91 Å². The van der Waals surface area contributed by atoms with Crippen LogP contribution in [0.3, 0.4) is 0 Å². The van der Waals surface area contributed by atoms with E-state index in [0.717, 1.165) is 24.0 Å². The number of aromatic nitrogens is 1. The fourth-order valence-corrected chi connectivity index (χ4v) is 1.81. The van der Waals surface area contributed by atoms with Crippen molar-refractivity contribution >= 4 is 17.7 Å².